The fourth-order valence-corrected chi connectivity index (χ4v) is 5.46. The molecule has 0 saturated carbocycles. The molecule has 0 aliphatic carbocycles. The van der Waals surface area contributed by atoms with E-state index < -0.39 is 0 Å². The molecule has 1 aromatic rings. The second-order valence-corrected chi connectivity index (χ2v) is 11.6. The summed E-state index contributed by atoms with van der Waals surface area (Å²) in [5.41, 5.74) is 5.46. The van der Waals surface area contributed by atoms with Crippen LogP contribution in [-0.4, -0.2) is 5.60 Å². The number of fused-ring (bicyclic) bond motifs is 1. The summed E-state index contributed by atoms with van der Waals surface area (Å²) in [6.07, 6.45) is 14.1. The zero-order valence-electron chi connectivity index (χ0n) is 22.4. The first-order chi connectivity index (χ1) is 15.1. The maximum atomic E-state index is 7.60. The first kappa shape index (κ1) is 26.8. The highest BCUT2D eigenvalue weighted by atomic mass is 16.5. The van der Waals surface area contributed by atoms with Gasteiger partial charge in [-0.15, -0.1) is 0 Å². The van der Waals surface area contributed by atoms with Crippen LogP contribution in [0.3, 0.4) is 0 Å². The van der Waals surface area contributed by atoms with E-state index in [0.717, 1.165) is 59.6 Å². The molecule has 3 atom stereocenters. The molecule has 1 aliphatic heterocycles. The zero-order valence-corrected chi connectivity index (χ0v) is 22.4. The Bertz CT molecular complexity index is 783. The van der Waals surface area contributed by atoms with Gasteiger partial charge in [0.05, 0.1) is 6.57 Å². The molecule has 0 N–H and O–H groups in total. The summed E-state index contributed by atoms with van der Waals surface area (Å²) in [7, 11) is 0. The van der Waals surface area contributed by atoms with Gasteiger partial charge >= 0.3 is 0 Å². The topological polar surface area (TPSA) is 13.6 Å². The van der Waals surface area contributed by atoms with Crippen LogP contribution in [0.4, 0.5) is 5.69 Å². The predicted molar refractivity (Wildman–Crippen MR) is 139 cm³/mol. The summed E-state index contributed by atoms with van der Waals surface area (Å²) in [4.78, 5) is 3.81. The second-order valence-electron chi connectivity index (χ2n) is 11.6. The van der Waals surface area contributed by atoms with Crippen LogP contribution in [0.2, 0.25) is 0 Å². The lowest BCUT2D eigenvalue weighted by Crippen LogP contribution is -2.37. The third-order valence-corrected chi connectivity index (χ3v) is 7.98. The van der Waals surface area contributed by atoms with Crippen LogP contribution < -0.4 is 4.74 Å². The number of ether oxygens (including phenoxy) is 1. The Morgan fingerprint density at radius 1 is 0.844 bits per heavy atom. The fourth-order valence-electron chi connectivity index (χ4n) is 5.46. The molecule has 32 heavy (non-hydrogen) atoms. The van der Waals surface area contributed by atoms with Crippen molar-refractivity contribution in [3.05, 3.63) is 33.7 Å². The average Bonchev–Trinajstić information content (AvgIpc) is 2.72. The van der Waals surface area contributed by atoms with E-state index in [9.17, 15) is 0 Å². The van der Waals surface area contributed by atoms with Gasteiger partial charge in [-0.2, -0.15) is 0 Å². The highest BCUT2D eigenvalue weighted by molar-refractivity contribution is 5.69. The van der Waals surface area contributed by atoms with Crippen molar-refractivity contribution >= 4 is 5.69 Å². The summed E-state index contributed by atoms with van der Waals surface area (Å²) in [5, 5.41) is 0. The van der Waals surface area contributed by atoms with Gasteiger partial charge in [-0.1, -0.05) is 78.2 Å². The molecule has 180 valence electrons. The Labute approximate surface area is 199 Å². The quantitative estimate of drug-likeness (QED) is 0.295. The molecule has 0 fully saturated rings. The van der Waals surface area contributed by atoms with E-state index >= 15 is 0 Å². The number of rotatable bonds is 12. The Balaban J connectivity index is 1.78. The van der Waals surface area contributed by atoms with Crippen molar-refractivity contribution in [2.45, 2.75) is 132 Å². The summed E-state index contributed by atoms with van der Waals surface area (Å²) in [6, 6.07) is 0. The summed E-state index contributed by atoms with van der Waals surface area (Å²) >= 11 is 0. The lowest BCUT2D eigenvalue weighted by Gasteiger charge is -2.38. The zero-order chi connectivity index (χ0) is 23.9. The molecule has 3 unspecified atom stereocenters. The molecule has 2 nitrogen and oxygen atoms in total. The summed E-state index contributed by atoms with van der Waals surface area (Å²) in [6.45, 7) is 25.7. The van der Waals surface area contributed by atoms with Crippen LogP contribution in [0.1, 0.15) is 121 Å². The molecule has 1 heterocycles. The van der Waals surface area contributed by atoms with Crippen molar-refractivity contribution < 1.29 is 4.74 Å². The van der Waals surface area contributed by atoms with Gasteiger partial charge in [0.25, 0.3) is 0 Å². The van der Waals surface area contributed by atoms with E-state index in [2.05, 4.69) is 60.2 Å². The van der Waals surface area contributed by atoms with E-state index in [0.29, 0.717) is 0 Å². The van der Waals surface area contributed by atoms with Crippen LogP contribution >= 0.6 is 0 Å². The Hall–Kier alpha value is -1.49. The van der Waals surface area contributed by atoms with Gasteiger partial charge in [0.2, 0.25) is 0 Å². The molecule has 2 rings (SSSR count). The van der Waals surface area contributed by atoms with Crippen LogP contribution in [0.5, 0.6) is 5.75 Å². The van der Waals surface area contributed by atoms with Crippen molar-refractivity contribution in [2.24, 2.45) is 17.8 Å². The number of nitrogens with zero attached hydrogens (tertiary/aromatic N) is 1. The maximum absolute atomic E-state index is 7.60. The molecule has 0 spiro atoms. The van der Waals surface area contributed by atoms with Gasteiger partial charge in [0, 0.05) is 0 Å². The first-order valence-electron chi connectivity index (χ1n) is 13.3. The Morgan fingerprint density at radius 2 is 1.41 bits per heavy atom. The van der Waals surface area contributed by atoms with Crippen molar-refractivity contribution in [1.29, 1.82) is 0 Å². The molecular weight excluding hydrogens is 390 g/mol. The van der Waals surface area contributed by atoms with Gasteiger partial charge in [-0.3, -0.25) is 0 Å². The maximum Gasteiger partial charge on any atom is 0.196 e. The van der Waals surface area contributed by atoms with Crippen molar-refractivity contribution in [3.8, 4) is 5.75 Å². The smallest absolute Gasteiger partial charge is 0.196 e. The van der Waals surface area contributed by atoms with Crippen molar-refractivity contribution in [2.75, 3.05) is 0 Å². The second kappa shape index (κ2) is 12.1. The highest BCUT2D eigenvalue weighted by Crippen LogP contribution is 2.45. The standard InChI is InChI=1S/C30H49NO/c1-21(2)13-10-14-22(3)15-11-16-23(4)17-12-19-30(8)20-18-27-24(5)25(6)28(31-9)26(7)29(27)32-30/h21-23H,10-20H2,1-8H3. The largest absolute Gasteiger partial charge is 0.488 e. The SMILES string of the molecule is [C-]#[N+]c1c(C)c(C)c2c(c1C)OC(C)(CCCC(C)CCCC(C)CCCC(C)C)CC2. The van der Waals surface area contributed by atoms with Gasteiger partial charge in [-0.05, 0) is 87.8 Å². The van der Waals surface area contributed by atoms with Gasteiger partial charge < -0.3 is 4.74 Å². The van der Waals surface area contributed by atoms with Crippen molar-refractivity contribution in [1.82, 2.24) is 0 Å². The minimum Gasteiger partial charge on any atom is -0.488 e. The average molecular weight is 440 g/mol. The molecule has 2 heteroatoms. The van der Waals surface area contributed by atoms with Gasteiger partial charge in [-0.25, -0.2) is 4.85 Å². The van der Waals surface area contributed by atoms with E-state index in [1.807, 2.05) is 0 Å². The monoisotopic (exact) mass is 439 g/mol. The minimum absolute atomic E-state index is 0.0938. The van der Waals surface area contributed by atoms with Crippen LogP contribution in [0.25, 0.3) is 4.85 Å². The molecule has 0 radical (unpaired) electrons. The first-order valence-corrected chi connectivity index (χ1v) is 13.3. The lowest BCUT2D eigenvalue weighted by atomic mass is 9.83. The Kier molecular flexibility index (Phi) is 10.1. The summed E-state index contributed by atoms with van der Waals surface area (Å²) < 4.78 is 6.63. The third-order valence-electron chi connectivity index (χ3n) is 7.98. The summed E-state index contributed by atoms with van der Waals surface area (Å²) in [5.74, 6) is 3.54. The van der Waals surface area contributed by atoms with Crippen molar-refractivity contribution in [3.63, 3.8) is 0 Å². The number of hydrogen-bond acceptors (Lipinski definition) is 1. The normalized spacial score (nSPS) is 19.9. The molecule has 0 saturated heterocycles. The van der Waals surface area contributed by atoms with Crippen LogP contribution in [-0.2, 0) is 6.42 Å². The molecule has 0 aromatic heterocycles. The Morgan fingerprint density at radius 3 is 1.97 bits per heavy atom. The van der Waals surface area contributed by atoms with E-state index in [-0.39, 0.29) is 5.60 Å². The molecule has 1 aliphatic rings. The van der Waals surface area contributed by atoms with Gasteiger partial charge in [0.15, 0.2) is 5.69 Å². The molecule has 1 aromatic carbocycles. The van der Waals surface area contributed by atoms with E-state index in [1.165, 1.54) is 62.5 Å². The molecule has 0 amide bonds. The molecular formula is C30H49NO. The third kappa shape index (κ3) is 7.26. The number of benzene rings is 1. The number of hydrogen-bond donors (Lipinski definition) is 0. The van der Waals surface area contributed by atoms with Gasteiger partial charge in [0.1, 0.15) is 11.4 Å². The fraction of sp³-hybridized carbons (Fsp3) is 0.767. The predicted octanol–water partition coefficient (Wildman–Crippen LogP) is 9.69. The van der Waals surface area contributed by atoms with E-state index in [1.54, 1.807) is 0 Å². The van der Waals surface area contributed by atoms with Crippen LogP contribution in [0, 0.1) is 45.1 Å². The lowest BCUT2D eigenvalue weighted by molar-refractivity contribution is 0.0515. The van der Waals surface area contributed by atoms with Crippen LogP contribution in [0.15, 0.2) is 0 Å². The molecule has 0 bridgehead atoms. The minimum atomic E-state index is -0.0938. The highest BCUT2D eigenvalue weighted by Gasteiger charge is 2.34. The van der Waals surface area contributed by atoms with E-state index in [4.69, 9.17) is 11.3 Å².